The predicted octanol–water partition coefficient (Wildman–Crippen LogP) is 3.97. The Hall–Kier alpha value is -2.07. The maximum absolute atomic E-state index is 11.9. The molecule has 122 valence electrons. The van der Waals surface area contributed by atoms with E-state index in [-0.39, 0.29) is 5.91 Å². The highest BCUT2D eigenvalue weighted by molar-refractivity contribution is 6.31. The van der Waals surface area contributed by atoms with Gasteiger partial charge in [0.1, 0.15) is 5.15 Å². The maximum atomic E-state index is 11.9. The van der Waals surface area contributed by atoms with Crippen molar-refractivity contribution in [2.45, 2.75) is 39.8 Å². The van der Waals surface area contributed by atoms with Gasteiger partial charge in [-0.05, 0) is 25.0 Å². The number of hydrogen-bond donors (Lipinski definition) is 1. The fourth-order valence-corrected chi connectivity index (χ4v) is 2.54. The summed E-state index contributed by atoms with van der Waals surface area (Å²) in [7, 11) is 0. The van der Waals surface area contributed by atoms with Crippen LogP contribution in [-0.4, -0.2) is 15.7 Å². The minimum atomic E-state index is -0.148. The van der Waals surface area contributed by atoms with Gasteiger partial charge >= 0.3 is 0 Å². The zero-order valence-electron chi connectivity index (χ0n) is 13.6. The quantitative estimate of drug-likeness (QED) is 0.780. The first-order valence-electron chi connectivity index (χ1n) is 7.84. The molecule has 0 bridgehead atoms. The second kappa shape index (κ2) is 8.53. The Morgan fingerprint density at radius 2 is 2.09 bits per heavy atom. The van der Waals surface area contributed by atoms with E-state index in [9.17, 15) is 4.79 Å². The van der Waals surface area contributed by atoms with Crippen molar-refractivity contribution in [1.29, 1.82) is 0 Å². The third kappa shape index (κ3) is 4.96. The molecule has 0 spiro atoms. The molecule has 0 unspecified atom stereocenters. The Labute approximate surface area is 142 Å². The third-order valence-corrected chi connectivity index (χ3v) is 3.94. The fourth-order valence-electron chi connectivity index (χ4n) is 2.22. The van der Waals surface area contributed by atoms with Gasteiger partial charge in [-0.1, -0.05) is 55.3 Å². The van der Waals surface area contributed by atoms with Crippen LogP contribution in [0.15, 0.2) is 36.4 Å². The number of carbonyl (C=O) groups is 1. The van der Waals surface area contributed by atoms with E-state index >= 15 is 0 Å². The largest absolute Gasteiger partial charge is 0.348 e. The smallest absolute Gasteiger partial charge is 0.244 e. The minimum Gasteiger partial charge on any atom is -0.348 e. The Kier molecular flexibility index (Phi) is 6.41. The standard InChI is InChI=1S/C18H22ClN3O/c1-3-4-12-22-18(19)16(14(2)21-22)10-11-17(23)20-13-15-8-6-5-7-9-15/h5-11H,3-4,12-13H2,1-2H3,(H,20,23)/b11-10+. The molecule has 0 aliphatic rings. The first-order valence-corrected chi connectivity index (χ1v) is 8.22. The van der Waals surface area contributed by atoms with E-state index in [0.717, 1.165) is 36.2 Å². The summed E-state index contributed by atoms with van der Waals surface area (Å²) in [5.41, 5.74) is 2.70. The molecule has 0 saturated carbocycles. The normalized spacial score (nSPS) is 11.1. The van der Waals surface area contributed by atoms with Crippen molar-refractivity contribution in [3.05, 3.63) is 58.4 Å². The highest BCUT2D eigenvalue weighted by atomic mass is 35.5. The monoisotopic (exact) mass is 331 g/mol. The van der Waals surface area contributed by atoms with E-state index in [1.54, 1.807) is 10.8 Å². The highest BCUT2D eigenvalue weighted by Gasteiger charge is 2.10. The minimum absolute atomic E-state index is 0.148. The Balaban J connectivity index is 1.96. The molecule has 5 heteroatoms. The number of unbranched alkanes of at least 4 members (excludes halogenated alkanes) is 1. The van der Waals surface area contributed by atoms with Crippen LogP contribution >= 0.6 is 11.6 Å². The number of aromatic nitrogens is 2. The van der Waals surface area contributed by atoms with Crippen molar-refractivity contribution >= 4 is 23.6 Å². The Morgan fingerprint density at radius 1 is 1.35 bits per heavy atom. The molecule has 0 aliphatic carbocycles. The fraction of sp³-hybridized carbons (Fsp3) is 0.333. The van der Waals surface area contributed by atoms with Gasteiger partial charge in [-0.25, -0.2) is 0 Å². The summed E-state index contributed by atoms with van der Waals surface area (Å²) in [6, 6.07) is 9.80. The van der Waals surface area contributed by atoms with Crippen LogP contribution in [0.1, 0.15) is 36.6 Å². The van der Waals surface area contributed by atoms with E-state index in [4.69, 9.17) is 11.6 Å². The van der Waals surface area contributed by atoms with Gasteiger partial charge in [-0.15, -0.1) is 0 Å². The van der Waals surface area contributed by atoms with Gasteiger partial charge in [0.15, 0.2) is 0 Å². The van der Waals surface area contributed by atoms with Crippen molar-refractivity contribution in [3.8, 4) is 0 Å². The summed E-state index contributed by atoms with van der Waals surface area (Å²) in [6.45, 7) is 5.33. The van der Waals surface area contributed by atoms with Gasteiger partial charge in [0, 0.05) is 24.7 Å². The number of nitrogens with one attached hydrogen (secondary N) is 1. The highest BCUT2D eigenvalue weighted by Crippen LogP contribution is 2.21. The van der Waals surface area contributed by atoms with Crippen LogP contribution in [0, 0.1) is 6.92 Å². The topological polar surface area (TPSA) is 46.9 Å². The molecule has 4 nitrogen and oxygen atoms in total. The van der Waals surface area contributed by atoms with Crippen LogP contribution in [-0.2, 0) is 17.9 Å². The molecular formula is C18H22ClN3O. The van der Waals surface area contributed by atoms with Gasteiger partial charge in [-0.3, -0.25) is 9.48 Å². The van der Waals surface area contributed by atoms with Crippen LogP contribution in [0.5, 0.6) is 0 Å². The maximum Gasteiger partial charge on any atom is 0.244 e. The van der Waals surface area contributed by atoms with Crippen LogP contribution in [0.4, 0.5) is 0 Å². The summed E-state index contributed by atoms with van der Waals surface area (Å²) < 4.78 is 1.79. The number of halogens is 1. The molecule has 0 fully saturated rings. The van der Waals surface area contributed by atoms with Crippen LogP contribution in [0.25, 0.3) is 6.08 Å². The average Bonchev–Trinajstić information content (AvgIpc) is 2.83. The number of amides is 1. The molecule has 1 aromatic carbocycles. The molecule has 0 radical (unpaired) electrons. The molecule has 1 aromatic heterocycles. The molecule has 0 aliphatic heterocycles. The summed E-state index contributed by atoms with van der Waals surface area (Å²) >= 11 is 6.34. The zero-order chi connectivity index (χ0) is 16.7. The second-order valence-electron chi connectivity index (χ2n) is 5.40. The van der Waals surface area contributed by atoms with Crippen molar-refractivity contribution in [2.75, 3.05) is 0 Å². The number of benzene rings is 1. The molecular weight excluding hydrogens is 310 g/mol. The van der Waals surface area contributed by atoms with Gasteiger partial charge in [0.2, 0.25) is 5.91 Å². The number of aryl methyl sites for hydroxylation is 2. The summed E-state index contributed by atoms with van der Waals surface area (Å²) in [4.78, 5) is 11.9. The number of rotatable bonds is 7. The van der Waals surface area contributed by atoms with E-state index in [1.165, 1.54) is 6.08 Å². The summed E-state index contributed by atoms with van der Waals surface area (Å²) in [5, 5.41) is 7.86. The molecule has 2 rings (SSSR count). The zero-order valence-corrected chi connectivity index (χ0v) is 14.3. The number of nitrogens with zero attached hydrogens (tertiary/aromatic N) is 2. The Bertz CT molecular complexity index is 677. The first-order chi connectivity index (χ1) is 11.1. The Morgan fingerprint density at radius 3 is 2.78 bits per heavy atom. The van der Waals surface area contributed by atoms with Crippen LogP contribution in [0.3, 0.4) is 0 Å². The van der Waals surface area contributed by atoms with Gasteiger partial charge in [0.25, 0.3) is 0 Å². The summed E-state index contributed by atoms with van der Waals surface area (Å²) in [6.07, 6.45) is 5.35. The molecule has 1 N–H and O–H groups in total. The van der Waals surface area contributed by atoms with Crippen LogP contribution in [0.2, 0.25) is 5.15 Å². The lowest BCUT2D eigenvalue weighted by molar-refractivity contribution is -0.116. The lowest BCUT2D eigenvalue weighted by Crippen LogP contribution is -2.20. The van der Waals surface area contributed by atoms with Crippen molar-refractivity contribution in [1.82, 2.24) is 15.1 Å². The molecule has 1 amide bonds. The molecule has 1 heterocycles. The lowest BCUT2D eigenvalue weighted by atomic mass is 10.2. The second-order valence-corrected chi connectivity index (χ2v) is 5.76. The molecule has 23 heavy (non-hydrogen) atoms. The molecule has 0 atom stereocenters. The lowest BCUT2D eigenvalue weighted by Gasteiger charge is -2.02. The van der Waals surface area contributed by atoms with Crippen molar-refractivity contribution in [3.63, 3.8) is 0 Å². The predicted molar refractivity (Wildman–Crippen MR) is 94.2 cm³/mol. The first kappa shape index (κ1) is 17.3. The van der Waals surface area contributed by atoms with E-state index in [2.05, 4.69) is 17.3 Å². The van der Waals surface area contributed by atoms with E-state index in [0.29, 0.717) is 11.7 Å². The van der Waals surface area contributed by atoms with Gasteiger partial charge < -0.3 is 5.32 Å². The number of carbonyl (C=O) groups excluding carboxylic acids is 1. The third-order valence-electron chi connectivity index (χ3n) is 3.54. The molecule has 0 saturated heterocycles. The molecule has 2 aromatic rings. The van der Waals surface area contributed by atoms with Crippen molar-refractivity contribution in [2.24, 2.45) is 0 Å². The van der Waals surface area contributed by atoms with Crippen molar-refractivity contribution < 1.29 is 4.79 Å². The van der Waals surface area contributed by atoms with Gasteiger partial charge in [-0.2, -0.15) is 5.10 Å². The average molecular weight is 332 g/mol. The van der Waals surface area contributed by atoms with Gasteiger partial charge in [0.05, 0.1) is 5.69 Å². The van der Waals surface area contributed by atoms with E-state index in [1.807, 2.05) is 37.3 Å². The summed E-state index contributed by atoms with van der Waals surface area (Å²) in [5.74, 6) is -0.148. The number of hydrogen-bond acceptors (Lipinski definition) is 2. The van der Waals surface area contributed by atoms with E-state index < -0.39 is 0 Å². The SMILES string of the molecule is CCCCn1nc(C)c(/C=C/C(=O)NCc2ccccc2)c1Cl. The van der Waals surface area contributed by atoms with Crippen LogP contribution < -0.4 is 5.32 Å².